The number of nitrogens with zero attached hydrogens (tertiary/aromatic N) is 1. The summed E-state index contributed by atoms with van der Waals surface area (Å²) in [5.41, 5.74) is 1.12. The van der Waals surface area contributed by atoms with Crippen molar-refractivity contribution in [1.29, 1.82) is 0 Å². The molecule has 3 amide bonds. The monoisotopic (exact) mass is 589 g/mol. The summed E-state index contributed by atoms with van der Waals surface area (Å²) in [6, 6.07) is 11.6. The molecule has 42 heavy (non-hydrogen) atoms. The van der Waals surface area contributed by atoms with Crippen molar-refractivity contribution in [2.24, 2.45) is 5.92 Å². The van der Waals surface area contributed by atoms with Gasteiger partial charge in [0.05, 0.1) is 31.8 Å². The van der Waals surface area contributed by atoms with E-state index in [0.717, 1.165) is 18.4 Å². The van der Waals surface area contributed by atoms with E-state index in [1.807, 2.05) is 12.1 Å². The van der Waals surface area contributed by atoms with Crippen LogP contribution in [-0.2, 0) is 20.9 Å². The molecule has 1 saturated heterocycles. The average Bonchev–Trinajstić information content (AvgIpc) is 3.78. The van der Waals surface area contributed by atoms with Gasteiger partial charge >= 0.3 is 6.18 Å². The minimum Gasteiger partial charge on any atom is -0.493 e. The summed E-state index contributed by atoms with van der Waals surface area (Å²) in [4.78, 5) is 39.7. The minimum atomic E-state index is -4.43. The predicted octanol–water partition coefficient (Wildman–Crippen LogP) is 4.35. The van der Waals surface area contributed by atoms with Gasteiger partial charge in [0.15, 0.2) is 0 Å². The van der Waals surface area contributed by atoms with Crippen LogP contribution in [0.4, 0.5) is 13.2 Å². The molecule has 5 rings (SSSR count). The Kier molecular flexibility index (Phi) is 9.20. The topological polar surface area (TPSA) is 106 Å². The number of carbonyl (C=O) groups is 3. The number of hydrogen-bond donors (Lipinski definition) is 2. The molecule has 1 aliphatic carbocycles. The second-order valence-electron chi connectivity index (χ2n) is 11.0. The van der Waals surface area contributed by atoms with Crippen molar-refractivity contribution in [3.63, 3.8) is 0 Å². The van der Waals surface area contributed by atoms with Gasteiger partial charge in [0.1, 0.15) is 17.2 Å². The molecular weight excluding hydrogens is 555 g/mol. The molecule has 9 nitrogen and oxygen atoms in total. The molecule has 0 spiro atoms. The van der Waals surface area contributed by atoms with Crippen molar-refractivity contribution < 1.29 is 41.8 Å². The molecule has 12 heteroatoms. The van der Waals surface area contributed by atoms with Crippen molar-refractivity contribution in [2.45, 2.75) is 63.5 Å². The van der Waals surface area contributed by atoms with E-state index < -0.39 is 43.0 Å². The van der Waals surface area contributed by atoms with Gasteiger partial charge in [-0.1, -0.05) is 12.1 Å². The summed E-state index contributed by atoms with van der Waals surface area (Å²) in [7, 11) is 0. The maximum absolute atomic E-state index is 13.0. The third-order valence-electron chi connectivity index (χ3n) is 7.43. The molecule has 3 aliphatic rings. The van der Waals surface area contributed by atoms with E-state index >= 15 is 0 Å². The lowest BCUT2D eigenvalue weighted by molar-refractivity contribution is -0.151. The number of hydrogen-bond acceptors (Lipinski definition) is 6. The molecule has 1 saturated carbocycles. The van der Waals surface area contributed by atoms with E-state index in [1.165, 1.54) is 4.90 Å². The lowest BCUT2D eigenvalue weighted by atomic mass is 10.0. The van der Waals surface area contributed by atoms with Crippen molar-refractivity contribution >= 4 is 17.7 Å². The Balaban J connectivity index is 1.33. The van der Waals surface area contributed by atoms with Crippen molar-refractivity contribution in [3.8, 4) is 17.2 Å². The number of halogens is 3. The fourth-order valence-electron chi connectivity index (χ4n) is 4.95. The SMILES string of the molecule is O=C1CCNC(=O)c2cc(OCC3CC3)cc(c2)Oc2cccc(c2)CO[C@@H]2CCN(C(=O)CCC(F)(F)F)C[C@@H]2N1. The highest BCUT2D eigenvalue weighted by atomic mass is 19.4. The molecule has 226 valence electrons. The Bertz CT molecular complexity index is 1300. The fourth-order valence-corrected chi connectivity index (χ4v) is 4.95. The second kappa shape index (κ2) is 13.0. The minimum absolute atomic E-state index is 0.0259. The standard InChI is InChI=1S/C30H34F3N3O6/c31-30(32,33)9-6-28(38)36-11-8-26-25(16-36)35-27(37)7-10-34-29(39)21-13-23(40-17-19-4-5-19)15-24(14-21)42-22-3-1-2-20(12-22)18-41-26/h1-3,12-15,19,25-26H,4-11,16-18H2,(H,34,39)(H,35,37)/t25-,26+/m0/s1. The van der Waals surface area contributed by atoms with E-state index in [0.29, 0.717) is 41.8 Å². The van der Waals surface area contributed by atoms with Crippen molar-refractivity contribution in [3.05, 3.63) is 53.6 Å². The smallest absolute Gasteiger partial charge is 0.389 e. The van der Waals surface area contributed by atoms with Gasteiger partial charge in [-0.3, -0.25) is 14.4 Å². The summed E-state index contributed by atoms with van der Waals surface area (Å²) in [6.45, 7) is 1.03. The van der Waals surface area contributed by atoms with Gasteiger partial charge in [0.25, 0.3) is 5.91 Å². The highest BCUT2D eigenvalue weighted by molar-refractivity contribution is 5.95. The molecule has 2 aromatic carbocycles. The summed E-state index contributed by atoms with van der Waals surface area (Å²) in [5.74, 6) is 0.585. The maximum Gasteiger partial charge on any atom is 0.389 e. The van der Waals surface area contributed by atoms with Crippen LogP contribution in [0.15, 0.2) is 42.5 Å². The first-order valence-electron chi connectivity index (χ1n) is 14.2. The number of nitrogens with one attached hydrogen (secondary N) is 2. The predicted molar refractivity (Wildman–Crippen MR) is 145 cm³/mol. The molecule has 2 heterocycles. The molecular formula is C30H34F3N3O6. The lowest BCUT2D eigenvalue weighted by Gasteiger charge is -2.39. The van der Waals surface area contributed by atoms with Crippen molar-refractivity contribution in [1.82, 2.24) is 15.5 Å². The summed E-state index contributed by atoms with van der Waals surface area (Å²) < 4.78 is 56.2. The van der Waals surface area contributed by atoms with Crippen LogP contribution in [0.5, 0.6) is 17.2 Å². The highest BCUT2D eigenvalue weighted by Crippen LogP contribution is 2.32. The third kappa shape index (κ3) is 8.60. The number of likely N-dealkylation sites (tertiary alicyclic amines) is 1. The first-order chi connectivity index (χ1) is 20.1. The van der Waals surface area contributed by atoms with Crippen LogP contribution in [0.25, 0.3) is 0 Å². The van der Waals surface area contributed by atoms with E-state index in [2.05, 4.69) is 10.6 Å². The first kappa shape index (κ1) is 29.7. The number of amides is 3. The average molecular weight is 590 g/mol. The highest BCUT2D eigenvalue weighted by Gasteiger charge is 2.35. The summed E-state index contributed by atoms with van der Waals surface area (Å²) >= 11 is 0. The van der Waals surface area contributed by atoms with Gasteiger partial charge in [0.2, 0.25) is 11.8 Å². The fraction of sp³-hybridized carbons (Fsp3) is 0.500. The van der Waals surface area contributed by atoms with Crippen LogP contribution in [0.1, 0.15) is 54.4 Å². The molecule has 0 aromatic heterocycles. The molecule has 2 aliphatic heterocycles. The zero-order chi connectivity index (χ0) is 29.7. The number of ether oxygens (including phenoxy) is 3. The second-order valence-corrected chi connectivity index (χ2v) is 11.0. The van der Waals surface area contributed by atoms with E-state index in [4.69, 9.17) is 14.2 Å². The van der Waals surface area contributed by atoms with Crippen LogP contribution in [0.2, 0.25) is 0 Å². The number of fused-ring (bicyclic) bond motifs is 5. The molecule has 2 aromatic rings. The van der Waals surface area contributed by atoms with E-state index in [1.54, 1.807) is 30.3 Å². The Morgan fingerprint density at radius 1 is 1.07 bits per heavy atom. The maximum atomic E-state index is 13.0. The van der Waals surface area contributed by atoms with Gasteiger partial charge < -0.3 is 29.7 Å². The van der Waals surface area contributed by atoms with Gasteiger partial charge in [-0.05, 0) is 55.0 Å². The number of rotatable bonds is 5. The van der Waals surface area contributed by atoms with Crippen LogP contribution >= 0.6 is 0 Å². The van der Waals surface area contributed by atoms with E-state index in [-0.39, 0.29) is 38.6 Å². The van der Waals surface area contributed by atoms with Crippen LogP contribution < -0.4 is 20.1 Å². The number of carbonyl (C=O) groups excluding carboxylic acids is 3. The van der Waals surface area contributed by atoms with E-state index in [9.17, 15) is 27.6 Å². The molecule has 2 atom stereocenters. The third-order valence-corrected chi connectivity index (χ3v) is 7.43. The molecule has 4 bridgehead atoms. The van der Waals surface area contributed by atoms with Gasteiger partial charge in [-0.15, -0.1) is 0 Å². The Morgan fingerprint density at radius 2 is 1.90 bits per heavy atom. The summed E-state index contributed by atoms with van der Waals surface area (Å²) in [5, 5.41) is 5.61. The van der Waals surface area contributed by atoms with Gasteiger partial charge in [0, 0.05) is 44.1 Å². The van der Waals surface area contributed by atoms with Crippen LogP contribution in [0, 0.1) is 5.92 Å². The largest absolute Gasteiger partial charge is 0.493 e. The number of benzene rings is 2. The van der Waals surface area contributed by atoms with Crippen molar-refractivity contribution in [2.75, 3.05) is 26.2 Å². The quantitative estimate of drug-likeness (QED) is 0.538. The Morgan fingerprint density at radius 3 is 2.69 bits per heavy atom. The molecule has 0 unspecified atom stereocenters. The van der Waals surface area contributed by atoms with Crippen LogP contribution in [-0.4, -0.2) is 67.2 Å². The summed E-state index contributed by atoms with van der Waals surface area (Å²) in [6.07, 6.45) is -4.22. The van der Waals surface area contributed by atoms with Gasteiger partial charge in [-0.2, -0.15) is 13.2 Å². The molecule has 0 radical (unpaired) electrons. The molecule has 2 fully saturated rings. The lowest BCUT2D eigenvalue weighted by Crippen LogP contribution is -2.57. The number of alkyl halides is 3. The normalized spacial score (nSPS) is 21.7. The molecule has 2 N–H and O–H groups in total. The van der Waals surface area contributed by atoms with Crippen LogP contribution in [0.3, 0.4) is 0 Å². The zero-order valence-corrected chi connectivity index (χ0v) is 23.1. The first-order valence-corrected chi connectivity index (χ1v) is 14.2. The zero-order valence-electron chi connectivity index (χ0n) is 23.1. The Labute approximate surface area is 241 Å². The number of piperidine rings is 1. The van der Waals surface area contributed by atoms with Gasteiger partial charge in [-0.25, -0.2) is 0 Å². The Hall–Kier alpha value is -3.80.